The van der Waals surface area contributed by atoms with Gasteiger partial charge in [-0.15, -0.1) is 11.1 Å². The summed E-state index contributed by atoms with van der Waals surface area (Å²) >= 11 is 0. The van der Waals surface area contributed by atoms with Crippen LogP contribution in [0, 0.1) is 24.7 Å². The van der Waals surface area contributed by atoms with Crippen LogP contribution in [-0.4, -0.2) is 5.90 Å². The van der Waals surface area contributed by atoms with Crippen molar-refractivity contribution in [1.82, 2.24) is 0 Å². The average Bonchev–Trinajstić information content (AvgIpc) is 3.32. The van der Waals surface area contributed by atoms with Gasteiger partial charge in [-0.3, -0.25) is 11.8 Å². The van der Waals surface area contributed by atoms with Gasteiger partial charge in [-0.25, -0.2) is 0 Å². The molecule has 0 heterocycles. The summed E-state index contributed by atoms with van der Waals surface area (Å²) in [5.74, 6) is 6.37. The third-order valence-electron chi connectivity index (χ3n) is 10.6. The van der Waals surface area contributed by atoms with Crippen molar-refractivity contribution < 1.29 is 44.8 Å². The molecular weight excluding hydrogens is 1140 g/mol. The van der Waals surface area contributed by atoms with E-state index in [1.807, 2.05) is 72.8 Å². The van der Waals surface area contributed by atoms with E-state index in [1.54, 1.807) is 0 Å². The zero-order valence-corrected chi connectivity index (χ0v) is 39.6. The summed E-state index contributed by atoms with van der Waals surface area (Å²) < 4.78 is 0. The maximum absolute atomic E-state index is 7.46. The fraction of sp³-hybridized carbons (Fsp3) is 0.0175. The minimum Gasteiger partial charge on any atom is -0.366 e. The molecule has 10 aromatic carbocycles. The van der Waals surface area contributed by atoms with Gasteiger partial charge < -0.3 is 12.8 Å². The summed E-state index contributed by atoms with van der Waals surface area (Å²) in [6, 6.07) is 81.3. The Morgan fingerprint density at radius 1 is 0.295 bits per heavy atom. The largest absolute Gasteiger partial charge is 1.00 e. The first-order chi connectivity index (χ1) is 29.2. The van der Waals surface area contributed by atoms with Gasteiger partial charge in [0.25, 0.3) is 0 Å². The Balaban J connectivity index is 0.000000159. The van der Waals surface area contributed by atoms with Crippen LogP contribution in [0.25, 0.3) is 43.1 Å². The van der Waals surface area contributed by atoms with Crippen LogP contribution in [0.5, 0.6) is 0 Å². The first-order valence-corrected chi connectivity index (χ1v) is 23.2. The Kier molecular flexibility index (Phi) is 16.7. The Labute approximate surface area is 394 Å². The molecule has 300 valence electrons. The molecule has 10 rings (SSSR count). The molecule has 10 aromatic rings. The predicted molar refractivity (Wildman–Crippen MR) is 261 cm³/mol. The van der Waals surface area contributed by atoms with Crippen LogP contribution in [0.4, 0.5) is 0 Å². The third kappa shape index (κ3) is 10.8. The van der Waals surface area contributed by atoms with Gasteiger partial charge >= 0.3 is 44.8 Å². The van der Waals surface area contributed by atoms with Crippen LogP contribution < -0.4 is 21.2 Å². The number of fused-ring (bicyclic) bond motifs is 4. The Bertz CT molecular complexity index is 2650. The SMILES string of the molecule is [Au+].[Au+].[C-]#Cc1c2ccccc2cc2ccccc12.[C-]#Cc1c2ccccc2cc2ccccc12.c1ccc([PH+](C[PH+](c2ccccc2)c2ccccc2)c2ccccc2)cc1. The van der Waals surface area contributed by atoms with E-state index in [1.165, 1.54) is 27.1 Å². The van der Waals surface area contributed by atoms with E-state index < -0.39 is 15.8 Å². The van der Waals surface area contributed by atoms with E-state index in [0.717, 1.165) is 54.2 Å². The Hall–Kier alpha value is -5.30. The molecule has 0 nitrogen and oxygen atoms in total. The van der Waals surface area contributed by atoms with Gasteiger partial charge in [-0.1, -0.05) is 191 Å². The van der Waals surface area contributed by atoms with Crippen LogP contribution in [0.15, 0.2) is 231 Å². The van der Waals surface area contributed by atoms with Crippen molar-refractivity contribution in [2.75, 3.05) is 5.90 Å². The summed E-state index contributed by atoms with van der Waals surface area (Å²) in [5, 5.41) is 15.0. The molecule has 0 unspecified atom stereocenters. The first-order valence-electron chi connectivity index (χ1n) is 19.8. The van der Waals surface area contributed by atoms with E-state index in [0.29, 0.717) is 0 Å². The van der Waals surface area contributed by atoms with E-state index in [9.17, 15) is 0 Å². The van der Waals surface area contributed by atoms with E-state index in [2.05, 4.69) is 170 Å². The van der Waals surface area contributed by atoms with Crippen LogP contribution in [0.2, 0.25) is 0 Å². The summed E-state index contributed by atoms with van der Waals surface area (Å²) in [4.78, 5) is 0. The maximum atomic E-state index is 7.46. The van der Waals surface area contributed by atoms with Crippen molar-refractivity contribution in [2.24, 2.45) is 0 Å². The van der Waals surface area contributed by atoms with Crippen molar-refractivity contribution in [2.45, 2.75) is 0 Å². The molecule has 0 radical (unpaired) electrons. The van der Waals surface area contributed by atoms with Gasteiger partial charge in [0.2, 0.25) is 0 Å². The van der Waals surface area contributed by atoms with Crippen molar-refractivity contribution in [1.29, 1.82) is 0 Å². The summed E-state index contributed by atoms with van der Waals surface area (Å²) in [6.45, 7) is 0. The van der Waals surface area contributed by atoms with Crippen LogP contribution >= 0.6 is 15.8 Å². The van der Waals surface area contributed by atoms with E-state index >= 15 is 0 Å². The monoisotopic (exact) mass is 1180 g/mol. The molecule has 0 aliphatic heterocycles. The van der Waals surface area contributed by atoms with E-state index in [4.69, 9.17) is 12.8 Å². The third-order valence-corrected chi connectivity index (χ3v) is 17.6. The molecule has 0 fully saturated rings. The number of benzene rings is 10. The number of hydrogen-bond acceptors (Lipinski definition) is 0. The Morgan fingerprint density at radius 3 is 0.738 bits per heavy atom. The maximum Gasteiger partial charge on any atom is 1.00 e. The zero-order chi connectivity index (χ0) is 40.2. The van der Waals surface area contributed by atoms with Gasteiger partial charge in [0.05, 0.1) is 0 Å². The summed E-state index contributed by atoms with van der Waals surface area (Å²) in [7, 11) is -1.69. The smallest absolute Gasteiger partial charge is 0.366 e. The molecule has 61 heavy (non-hydrogen) atoms. The molecule has 0 amide bonds. The Morgan fingerprint density at radius 2 is 0.508 bits per heavy atom. The van der Waals surface area contributed by atoms with Gasteiger partial charge in [0, 0.05) is 0 Å². The van der Waals surface area contributed by atoms with Crippen molar-refractivity contribution in [3.63, 3.8) is 0 Å². The quantitative estimate of drug-likeness (QED) is 0.0512. The second kappa shape index (κ2) is 22.5. The standard InChI is InChI=1S/C25H22P2.2C16H9.2Au/c1-5-13-22(14-6-1)26(23-15-7-2-8-16-23)21-27(24-17-9-3-10-18-24)25-19-11-4-12-20-25;2*1-2-14-15-9-5-3-7-12(15)11-13-8-4-6-10-16(13)14;;/h1-20H,21H2;2*3-11H;;/q;2*-1;2*+1/p+2. The molecule has 0 saturated carbocycles. The molecule has 4 heteroatoms. The molecular formula is C57H42Au2P2+2. The molecule has 0 N–H and O–H groups in total. The molecule has 0 aromatic heterocycles. The minimum atomic E-state index is -0.847. The molecule has 0 aliphatic carbocycles. The van der Waals surface area contributed by atoms with Crippen LogP contribution in [0.3, 0.4) is 0 Å². The minimum absolute atomic E-state index is 0. The predicted octanol–water partition coefficient (Wildman–Crippen LogP) is 12.5. The van der Waals surface area contributed by atoms with E-state index in [-0.39, 0.29) is 44.8 Å². The van der Waals surface area contributed by atoms with Crippen molar-refractivity contribution in [3.05, 3.63) is 254 Å². The fourth-order valence-corrected chi connectivity index (χ4v) is 15.5. The molecule has 0 spiro atoms. The molecule has 0 atom stereocenters. The van der Waals surface area contributed by atoms with Crippen LogP contribution in [-0.2, 0) is 44.8 Å². The number of hydrogen-bond donors (Lipinski definition) is 0. The van der Waals surface area contributed by atoms with Crippen molar-refractivity contribution in [3.8, 4) is 11.8 Å². The first kappa shape index (κ1) is 45.2. The van der Waals surface area contributed by atoms with Crippen molar-refractivity contribution >= 4 is 80.2 Å². The van der Waals surface area contributed by atoms with Gasteiger partial charge in [0.15, 0.2) is 5.90 Å². The second-order valence-electron chi connectivity index (χ2n) is 14.2. The fourth-order valence-electron chi connectivity index (χ4n) is 7.77. The molecule has 0 bridgehead atoms. The van der Waals surface area contributed by atoms with Crippen LogP contribution in [0.1, 0.15) is 11.1 Å². The summed E-state index contributed by atoms with van der Waals surface area (Å²) in [5.41, 5.74) is 1.77. The van der Waals surface area contributed by atoms with Gasteiger partial charge in [-0.2, -0.15) is 0 Å². The zero-order valence-electron chi connectivity index (χ0n) is 33.2. The second-order valence-corrected chi connectivity index (χ2v) is 19.9. The normalized spacial score (nSPS) is 10.4. The van der Waals surface area contributed by atoms with Gasteiger partial charge in [0.1, 0.15) is 37.1 Å². The average molecular weight is 1180 g/mol. The summed E-state index contributed by atoms with van der Waals surface area (Å²) in [6.07, 6.45) is 14.9. The topological polar surface area (TPSA) is 0 Å². The number of rotatable bonds is 6. The van der Waals surface area contributed by atoms with Gasteiger partial charge in [-0.05, 0) is 82.2 Å². The molecule has 0 saturated heterocycles. The molecule has 0 aliphatic rings.